The van der Waals surface area contributed by atoms with Gasteiger partial charge in [0.2, 0.25) is 0 Å². The molecule has 0 unspecified atom stereocenters. The minimum Gasteiger partial charge on any atom is -0.408 e. The van der Waals surface area contributed by atoms with Gasteiger partial charge in [0.1, 0.15) is 17.2 Å². The third kappa shape index (κ3) is 8.03. The van der Waals surface area contributed by atoms with Gasteiger partial charge < -0.3 is 13.6 Å². The molecule has 3 rings (SSSR count). The fourth-order valence-electron chi connectivity index (χ4n) is 4.70. The van der Waals surface area contributed by atoms with Gasteiger partial charge in [-0.1, -0.05) is 119 Å². The van der Waals surface area contributed by atoms with Gasteiger partial charge in [-0.2, -0.15) is 0 Å². The molecule has 4 heteroatoms. The van der Waals surface area contributed by atoms with Gasteiger partial charge in [-0.25, -0.2) is 0 Å². The second kappa shape index (κ2) is 13.9. The van der Waals surface area contributed by atoms with Crippen molar-refractivity contribution in [3.8, 4) is 17.2 Å². The van der Waals surface area contributed by atoms with Crippen LogP contribution < -0.4 is 13.6 Å². The van der Waals surface area contributed by atoms with E-state index in [0.29, 0.717) is 35.5 Å². The Morgan fingerprint density at radius 1 is 0.375 bits per heavy atom. The van der Waals surface area contributed by atoms with Gasteiger partial charge in [-0.15, -0.1) is 0 Å². The Morgan fingerprint density at radius 3 is 0.825 bits per heavy atom. The molecule has 0 atom stereocenters. The zero-order chi connectivity index (χ0) is 29.7. The molecule has 0 aromatic heterocycles. The molecule has 0 aliphatic heterocycles. The summed E-state index contributed by atoms with van der Waals surface area (Å²) in [7, 11) is -1.81. The van der Waals surface area contributed by atoms with E-state index in [4.69, 9.17) is 13.6 Å². The van der Waals surface area contributed by atoms with Gasteiger partial charge in [0.15, 0.2) is 0 Å². The Kier molecular flexibility index (Phi) is 11.1. The first-order valence-electron chi connectivity index (χ1n) is 15.0. The first-order chi connectivity index (χ1) is 18.8. The molecule has 0 amide bonds. The zero-order valence-electron chi connectivity index (χ0n) is 26.8. The summed E-state index contributed by atoms with van der Waals surface area (Å²) in [5, 5.41) is 0. The topological polar surface area (TPSA) is 27.7 Å². The van der Waals surface area contributed by atoms with Crippen LogP contribution in [0.3, 0.4) is 0 Å². The molecule has 0 saturated carbocycles. The van der Waals surface area contributed by atoms with E-state index in [-0.39, 0.29) is 0 Å². The number of hydrogen-bond acceptors (Lipinski definition) is 3. The van der Waals surface area contributed by atoms with Crippen molar-refractivity contribution in [2.75, 3.05) is 0 Å². The van der Waals surface area contributed by atoms with Crippen molar-refractivity contribution in [1.82, 2.24) is 0 Å². The van der Waals surface area contributed by atoms with Gasteiger partial charge in [0.05, 0.1) is 0 Å². The molecule has 0 spiro atoms. The first-order valence-corrected chi connectivity index (χ1v) is 16.1. The van der Waals surface area contributed by atoms with E-state index in [1.165, 1.54) is 16.7 Å². The van der Waals surface area contributed by atoms with Crippen LogP contribution in [0.1, 0.15) is 152 Å². The highest BCUT2D eigenvalue weighted by molar-refractivity contribution is 7.43. The second-order valence-electron chi connectivity index (χ2n) is 12.8. The quantitative estimate of drug-likeness (QED) is 0.205. The SMILES string of the molecule is CC(C)c1ccc(C(C)C)c(OP(Oc2cc(C(C)C)ccc2C(C)C)Oc2cc(C(C)C)ccc2C(C)C)c1. The minimum atomic E-state index is -1.81. The number of rotatable bonds is 12. The second-order valence-corrected chi connectivity index (χ2v) is 13.8. The average Bonchev–Trinajstić information content (AvgIpc) is 2.87. The Bertz CT molecular complexity index is 1100. The lowest BCUT2D eigenvalue weighted by atomic mass is 9.96. The molecule has 0 N–H and O–H groups in total. The Hall–Kier alpha value is -2.51. The molecule has 0 fully saturated rings. The largest absolute Gasteiger partial charge is 0.530 e. The summed E-state index contributed by atoms with van der Waals surface area (Å²) in [6.07, 6.45) is 0. The highest BCUT2D eigenvalue weighted by atomic mass is 31.2. The van der Waals surface area contributed by atoms with Crippen molar-refractivity contribution >= 4 is 8.60 Å². The molecule has 0 radical (unpaired) electrons. The van der Waals surface area contributed by atoms with Crippen LogP contribution in [-0.4, -0.2) is 0 Å². The van der Waals surface area contributed by atoms with Gasteiger partial charge in [0, 0.05) is 0 Å². The van der Waals surface area contributed by atoms with E-state index >= 15 is 0 Å². The van der Waals surface area contributed by atoms with Gasteiger partial charge in [0.25, 0.3) is 0 Å². The van der Waals surface area contributed by atoms with Crippen molar-refractivity contribution in [2.45, 2.75) is 119 Å². The Labute approximate surface area is 245 Å². The fraction of sp³-hybridized carbons (Fsp3) is 0.500. The minimum absolute atomic E-state index is 0.305. The van der Waals surface area contributed by atoms with Crippen LogP contribution >= 0.6 is 8.60 Å². The Balaban J connectivity index is 2.16. The lowest BCUT2D eigenvalue weighted by molar-refractivity contribution is 0.380. The molecule has 3 nitrogen and oxygen atoms in total. The van der Waals surface area contributed by atoms with Crippen LogP contribution in [0.4, 0.5) is 0 Å². The normalized spacial score (nSPS) is 12.1. The monoisotopic (exact) mass is 562 g/mol. The summed E-state index contributed by atoms with van der Waals surface area (Å²) in [6.45, 7) is 26.5. The van der Waals surface area contributed by atoms with Crippen LogP contribution in [0.25, 0.3) is 0 Å². The van der Waals surface area contributed by atoms with Crippen molar-refractivity contribution in [1.29, 1.82) is 0 Å². The van der Waals surface area contributed by atoms with E-state index < -0.39 is 8.60 Å². The van der Waals surface area contributed by atoms with Crippen molar-refractivity contribution in [3.05, 3.63) is 88.0 Å². The third-order valence-corrected chi connectivity index (χ3v) is 8.53. The van der Waals surface area contributed by atoms with Crippen molar-refractivity contribution in [3.63, 3.8) is 0 Å². The summed E-state index contributed by atoms with van der Waals surface area (Å²) in [6, 6.07) is 19.7. The molecule has 3 aromatic carbocycles. The summed E-state index contributed by atoms with van der Waals surface area (Å²) >= 11 is 0. The number of benzene rings is 3. The average molecular weight is 563 g/mol. The van der Waals surface area contributed by atoms with Gasteiger partial charge in [-0.3, -0.25) is 0 Å². The Morgan fingerprint density at radius 2 is 0.625 bits per heavy atom. The molecule has 0 bridgehead atoms. The van der Waals surface area contributed by atoms with Crippen LogP contribution in [0, 0.1) is 0 Å². The van der Waals surface area contributed by atoms with Crippen LogP contribution in [-0.2, 0) is 0 Å². The standard InChI is InChI=1S/C36H51O3P/c1-22(2)28-13-16-31(25(7)8)34(19-28)37-40(38-35-20-29(23(3)4)14-17-32(35)26(9)10)39-36-21-30(24(5)6)15-18-33(36)27(11)12/h13-27H,1-12H3. The predicted molar refractivity (Wildman–Crippen MR) is 173 cm³/mol. The summed E-state index contributed by atoms with van der Waals surface area (Å²) in [5.41, 5.74) is 7.19. The van der Waals surface area contributed by atoms with Crippen molar-refractivity contribution < 1.29 is 13.6 Å². The van der Waals surface area contributed by atoms with Gasteiger partial charge in [-0.05, 0) is 87.1 Å². The summed E-state index contributed by atoms with van der Waals surface area (Å²) in [5.74, 6) is 4.60. The predicted octanol–water partition coefficient (Wildman–Crippen LogP) is 12.2. The smallest absolute Gasteiger partial charge is 0.408 e. The summed E-state index contributed by atoms with van der Waals surface area (Å²) < 4.78 is 20.4. The highest BCUT2D eigenvalue weighted by Gasteiger charge is 2.27. The number of hydrogen-bond donors (Lipinski definition) is 0. The molecular weight excluding hydrogens is 511 g/mol. The molecule has 0 saturated heterocycles. The van der Waals surface area contributed by atoms with Crippen molar-refractivity contribution in [2.24, 2.45) is 0 Å². The molecular formula is C36H51O3P. The van der Waals surface area contributed by atoms with E-state index in [1.807, 2.05) is 0 Å². The zero-order valence-corrected chi connectivity index (χ0v) is 27.7. The maximum Gasteiger partial charge on any atom is 0.530 e. The molecule has 0 heterocycles. The summed E-state index contributed by atoms with van der Waals surface area (Å²) in [4.78, 5) is 0. The molecule has 3 aromatic rings. The lowest BCUT2D eigenvalue weighted by Gasteiger charge is -2.25. The maximum absolute atomic E-state index is 6.80. The molecule has 0 aliphatic rings. The van der Waals surface area contributed by atoms with E-state index in [9.17, 15) is 0 Å². The molecule has 0 aliphatic carbocycles. The third-order valence-electron chi connectivity index (χ3n) is 7.50. The van der Waals surface area contributed by atoms with Crippen LogP contribution in [0.5, 0.6) is 17.2 Å². The van der Waals surface area contributed by atoms with Crippen LogP contribution in [0.15, 0.2) is 54.6 Å². The highest BCUT2D eigenvalue weighted by Crippen LogP contribution is 2.48. The van der Waals surface area contributed by atoms with Crippen LogP contribution in [0.2, 0.25) is 0 Å². The maximum atomic E-state index is 6.80. The fourth-order valence-corrected chi connectivity index (χ4v) is 5.76. The first kappa shape index (κ1) is 32.0. The lowest BCUT2D eigenvalue weighted by Crippen LogP contribution is -2.08. The molecule has 218 valence electrons. The van der Waals surface area contributed by atoms with E-state index in [1.54, 1.807) is 0 Å². The van der Waals surface area contributed by atoms with E-state index in [0.717, 1.165) is 33.9 Å². The van der Waals surface area contributed by atoms with Gasteiger partial charge >= 0.3 is 8.60 Å². The molecule has 40 heavy (non-hydrogen) atoms. The van der Waals surface area contributed by atoms with E-state index in [2.05, 4.69) is 138 Å².